The van der Waals surface area contributed by atoms with Crippen LogP contribution in [-0.4, -0.2) is 48.3 Å². The number of hydrogen-bond donors (Lipinski definition) is 3. The second kappa shape index (κ2) is 10.5. The Balaban J connectivity index is 1.54. The van der Waals surface area contributed by atoms with Crippen LogP contribution in [0.4, 0.5) is 9.59 Å². The minimum Gasteiger partial charge on any atom is -0.480 e. The van der Waals surface area contributed by atoms with Crippen molar-refractivity contribution in [2.45, 2.75) is 12.0 Å². The van der Waals surface area contributed by atoms with Crippen molar-refractivity contribution in [2.75, 3.05) is 19.0 Å². The Hall–Kier alpha value is -3.46. The van der Waals surface area contributed by atoms with E-state index in [4.69, 9.17) is 9.47 Å². The molecule has 0 aliphatic heterocycles. The summed E-state index contributed by atoms with van der Waals surface area (Å²) in [4.78, 5) is 35.0. The number of nitrogens with one attached hydrogen (secondary N) is 2. The number of carboxylic acids is 1. The van der Waals surface area contributed by atoms with Gasteiger partial charge in [0.25, 0.3) is 0 Å². The lowest BCUT2D eigenvalue weighted by Crippen LogP contribution is -2.43. The van der Waals surface area contributed by atoms with Crippen LogP contribution in [0.15, 0.2) is 61.2 Å². The number of carbonyl (C=O) groups excluding carboxylic acids is 2. The summed E-state index contributed by atoms with van der Waals surface area (Å²) in [6, 6.07) is 14.6. The average molecular weight is 442 g/mol. The smallest absolute Gasteiger partial charge is 0.417 e. The number of hydrogen-bond acceptors (Lipinski definition) is 6. The van der Waals surface area contributed by atoms with Crippen LogP contribution in [0.2, 0.25) is 0 Å². The molecule has 0 saturated heterocycles. The van der Waals surface area contributed by atoms with Crippen LogP contribution < -0.4 is 10.0 Å². The third kappa shape index (κ3) is 5.58. The fourth-order valence-electron chi connectivity index (χ4n) is 3.31. The molecular weight excluding hydrogens is 420 g/mol. The van der Waals surface area contributed by atoms with E-state index in [0.717, 1.165) is 34.2 Å². The van der Waals surface area contributed by atoms with Crippen molar-refractivity contribution in [1.29, 1.82) is 0 Å². The number of amides is 2. The van der Waals surface area contributed by atoms with Gasteiger partial charge in [0.15, 0.2) is 0 Å². The molecule has 31 heavy (non-hydrogen) atoms. The molecule has 1 aliphatic rings. The number of ether oxygens (including phenoxy) is 2. The summed E-state index contributed by atoms with van der Waals surface area (Å²) < 4.78 is 12.4. The van der Waals surface area contributed by atoms with Gasteiger partial charge in [-0.05, 0) is 34.2 Å². The molecule has 0 spiro atoms. The molecule has 3 N–H and O–H groups in total. The highest BCUT2D eigenvalue weighted by atomic mass is 32.2. The van der Waals surface area contributed by atoms with Crippen LogP contribution in [0.1, 0.15) is 17.0 Å². The van der Waals surface area contributed by atoms with Gasteiger partial charge >= 0.3 is 18.2 Å². The number of carboxylic acid groups (broad SMARTS) is 1. The molecule has 2 amide bonds. The zero-order chi connectivity index (χ0) is 22.2. The topological polar surface area (TPSA) is 114 Å². The van der Waals surface area contributed by atoms with E-state index >= 15 is 0 Å². The molecule has 0 heterocycles. The molecule has 0 bridgehead atoms. The zero-order valence-corrected chi connectivity index (χ0v) is 17.4. The van der Waals surface area contributed by atoms with Crippen molar-refractivity contribution in [3.8, 4) is 11.1 Å². The van der Waals surface area contributed by atoms with Gasteiger partial charge in [-0.2, -0.15) is 0 Å². The molecule has 0 fully saturated rings. The standard InChI is InChI=1S/C22H22N2O6S/c1-2-11-29-22(28)24-31-13-19(20(25)26)23-21(27)30-12-18-16-9-5-3-7-14(16)15-8-4-6-10-17(15)18/h2-10,18-19H,1,11-13H2,(H,23,27)(H,24,28)(H,25,26). The lowest BCUT2D eigenvalue weighted by atomic mass is 9.98. The van der Waals surface area contributed by atoms with E-state index in [1.54, 1.807) is 0 Å². The number of aliphatic carboxylic acids is 1. The number of carbonyl (C=O) groups is 3. The van der Waals surface area contributed by atoms with Gasteiger partial charge in [0, 0.05) is 11.7 Å². The molecule has 0 aromatic heterocycles. The highest BCUT2D eigenvalue weighted by Crippen LogP contribution is 2.44. The third-order valence-corrected chi connectivity index (χ3v) is 5.48. The van der Waals surface area contributed by atoms with Crippen LogP contribution in [0, 0.1) is 0 Å². The highest BCUT2D eigenvalue weighted by molar-refractivity contribution is 7.98. The van der Waals surface area contributed by atoms with Crippen LogP contribution in [0.3, 0.4) is 0 Å². The van der Waals surface area contributed by atoms with Gasteiger partial charge in [0.2, 0.25) is 0 Å². The van der Waals surface area contributed by atoms with E-state index in [9.17, 15) is 19.5 Å². The van der Waals surface area contributed by atoms with Crippen LogP contribution >= 0.6 is 11.9 Å². The SMILES string of the molecule is C=CCOC(=O)NSCC(NC(=O)OCC1c2ccccc2-c2ccccc21)C(=O)O. The monoisotopic (exact) mass is 442 g/mol. The fourth-order valence-corrected chi connectivity index (χ4v) is 3.96. The second-order valence-electron chi connectivity index (χ2n) is 6.66. The molecule has 1 unspecified atom stereocenters. The zero-order valence-electron chi connectivity index (χ0n) is 16.6. The third-order valence-electron chi connectivity index (χ3n) is 4.67. The Morgan fingerprint density at radius 2 is 1.65 bits per heavy atom. The van der Waals surface area contributed by atoms with Crippen molar-refractivity contribution >= 4 is 30.1 Å². The van der Waals surface area contributed by atoms with Gasteiger partial charge in [0.05, 0.1) is 0 Å². The molecule has 2 aromatic rings. The van der Waals surface area contributed by atoms with Gasteiger partial charge in [-0.25, -0.2) is 14.4 Å². The number of rotatable bonds is 9. The lowest BCUT2D eigenvalue weighted by molar-refractivity contribution is -0.138. The van der Waals surface area contributed by atoms with Crippen molar-refractivity contribution in [2.24, 2.45) is 0 Å². The first-order valence-corrected chi connectivity index (χ1v) is 10.5. The maximum atomic E-state index is 12.2. The Labute approximate surface area is 183 Å². The second-order valence-corrected chi connectivity index (χ2v) is 7.49. The summed E-state index contributed by atoms with van der Waals surface area (Å²) >= 11 is 0.805. The van der Waals surface area contributed by atoms with E-state index in [2.05, 4.69) is 16.6 Å². The summed E-state index contributed by atoms with van der Waals surface area (Å²) in [7, 11) is 0. The Kier molecular flexibility index (Phi) is 7.55. The lowest BCUT2D eigenvalue weighted by Gasteiger charge is -2.17. The molecule has 3 rings (SSSR count). The van der Waals surface area contributed by atoms with Crippen molar-refractivity contribution < 1.29 is 29.0 Å². The maximum absolute atomic E-state index is 12.2. The summed E-state index contributed by atoms with van der Waals surface area (Å²) in [5, 5.41) is 11.6. The minimum atomic E-state index is -1.25. The van der Waals surface area contributed by atoms with Crippen LogP contribution in [-0.2, 0) is 14.3 Å². The first kappa shape index (κ1) is 22.2. The van der Waals surface area contributed by atoms with Crippen LogP contribution in [0.25, 0.3) is 11.1 Å². The van der Waals surface area contributed by atoms with E-state index in [1.807, 2.05) is 48.5 Å². The van der Waals surface area contributed by atoms with Gasteiger partial charge in [-0.15, -0.1) is 0 Å². The molecule has 1 aliphatic carbocycles. The predicted octanol–water partition coefficient (Wildman–Crippen LogP) is 3.54. The molecular formula is C22H22N2O6S. The van der Waals surface area contributed by atoms with Gasteiger partial charge in [-0.1, -0.05) is 61.2 Å². The summed E-state index contributed by atoms with van der Waals surface area (Å²) in [6.07, 6.45) is -0.164. The van der Waals surface area contributed by atoms with Crippen molar-refractivity contribution in [1.82, 2.24) is 10.0 Å². The largest absolute Gasteiger partial charge is 0.480 e. The molecule has 1 atom stereocenters. The first-order valence-electron chi connectivity index (χ1n) is 9.51. The summed E-state index contributed by atoms with van der Waals surface area (Å²) in [6.45, 7) is 3.53. The Bertz CT molecular complexity index is 934. The normalized spacial score (nSPS) is 12.8. The maximum Gasteiger partial charge on any atom is 0.417 e. The van der Waals surface area contributed by atoms with Crippen molar-refractivity contribution in [3.63, 3.8) is 0 Å². The Morgan fingerprint density at radius 1 is 1.03 bits per heavy atom. The highest BCUT2D eigenvalue weighted by Gasteiger charge is 2.29. The molecule has 162 valence electrons. The average Bonchev–Trinajstić information content (AvgIpc) is 3.09. The molecule has 8 nitrogen and oxygen atoms in total. The van der Waals surface area contributed by atoms with Crippen molar-refractivity contribution in [3.05, 3.63) is 72.3 Å². The van der Waals surface area contributed by atoms with Gasteiger partial charge in [0.1, 0.15) is 19.3 Å². The van der Waals surface area contributed by atoms with E-state index in [1.165, 1.54) is 6.08 Å². The van der Waals surface area contributed by atoms with E-state index in [-0.39, 0.29) is 24.9 Å². The first-order chi connectivity index (χ1) is 15.0. The van der Waals surface area contributed by atoms with Crippen LogP contribution in [0.5, 0.6) is 0 Å². The van der Waals surface area contributed by atoms with E-state index < -0.39 is 24.2 Å². The summed E-state index contributed by atoms with van der Waals surface area (Å²) in [5.74, 6) is -1.48. The van der Waals surface area contributed by atoms with Gasteiger partial charge in [-0.3, -0.25) is 4.72 Å². The Morgan fingerprint density at radius 3 is 2.23 bits per heavy atom. The van der Waals surface area contributed by atoms with Gasteiger partial charge < -0.3 is 19.9 Å². The molecule has 9 heteroatoms. The summed E-state index contributed by atoms with van der Waals surface area (Å²) in [5.41, 5.74) is 4.32. The van der Waals surface area contributed by atoms with E-state index in [0.29, 0.717) is 0 Å². The fraction of sp³-hybridized carbons (Fsp3) is 0.227. The number of alkyl carbamates (subject to hydrolysis) is 1. The molecule has 2 aromatic carbocycles. The molecule has 0 saturated carbocycles. The number of benzene rings is 2. The quantitative estimate of drug-likeness (QED) is 0.402. The minimum absolute atomic E-state index is 0.0345. The predicted molar refractivity (Wildman–Crippen MR) is 117 cm³/mol. The molecule has 0 radical (unpaired) electrons. The number of fused-ring (bicyclic) bond motifs is 3.